The highest BCUT2D eigenvalue weighted by Gasteiger charge is 2.26. The Morgan fingerprint density at radius 2 is 2.08 bits per heavy atom. The fourth-order valence-corrected chi connectivity index (χ4v) is 1.96. The lowest BCUT2D eigenvalue weighted by molar-refractivity contribution is -0.128. The highest BCUT2D eigenvalue weighted by atomic mass is 16.2. The van der Waals surface area contributed by atoms with Gasteiger partial charge in [0.2, 0.25) is 11.9 Å². The Morgan fingerprint density at radius 1 is 1.38 bits per heavy atom. The third-order valence-corrected chi connectivity index (χ3v) is 3.04. The smallest absolute Gasteiger partial charge is 0.318 e. The molecule has 0 fully saturated rings. The molecule has 2 atom stereocenters. The molecule has 134 valence electrons. The average Bonchev–Trinajstić information content (AvgIpc) is 2.45. The fraction of sp³-hybridized carbons (Fsp3) is 0.583. The molecule has 1 rings (SSSR count). The number of carbonyl (C=O) groups excluding carboxylic acids is 3. The maximum absolute atomic E-state index is 11.9. The number of hydrogen-bond donors (Lipinski definition) is 7. The molecule has 4 amide bonds. The van der Waals surface area contributed by atoms with Crippen LogP contribution in [0.4, 0.5) is 4.79 Å². The van der Waals surface area contributed by atoms with E-state index < -0.39 is 18.0 Å². The van der Waals surface area contributed by atoms with E-state index in [2.05, 4.69) is 25.9 Å². The second-order valence-corrected chi connectivity index (χ2v) is 5.20. The van der Waals surface area contributed by atoms with Gasteiger partial charge in [-0.15, -0.1) is 0 Å². The molecule has 12 nitrogen and oxygen atoms in total. The molecule has 12 heteroatoms. The van der Waals surface area contributed by atoms with Crippen molar-refractivity contribution >= 4 is 29.8 Å². The molecule has 0 aliphatic carbocycles. The summed E-state index contributed by atoms with van der Waals surface area (Å²) in [6.45, 7) is 0.431. The summed E-state index contributed by atoms with van der Waals surface area (Å²) in [6, 6.07) is -2.05. The zero-order chi connectivity index (χ0) is 18.1. The van der Waals surface area contributed by atoms with E-state index in [1.807, 2.05) is 0 Å². The van der Waals surface area contributed by atoms with Crippen LogP contribution in [0.5, 0.6) is 0 Å². The number of aliphatic imine (C=N–C) groups is 2. The molecule has 1 aliphatic rings. The lowest BCUT2D eigenvalue weighted by Gasteiger charge is -2.22. The first-order chi connectivity index (χ1) is 11.3. The largest absolute Gasteiger partial charge is 0.370 e. The predicted molar refractivity (Wildman–Crippen MR) is 87.6 cm³/mol. The standard InChI is InChI=1S/C12H23N9O3/c13-6(2-1-3-17-10(14)15)4-8(22)19-7-5-18-12(20-9(7)23)21-11(16)24/h6-7H,1-5,13H2,(H,19,22)(H4,14,15,17)(H4,16,18,20,21,23,24)/t6-,7?/m0/s1. The van der Waals surface area contributed by atoms with Crippen molar-refractivity contribution in [1.29, 1.82) is 0 Å². The van der Waals surface area contributed by atoms with E-state index in [0.29, 0.717) is 19.4 Å². The van der Waals surface area contributed by atoms with Gasteiger partial charge in [-0.25, -0.2) is 9.79 Å². The number of amides is 4. The van der Waals surface area contributed by atoms with E-state index in [-0.39, 0.29) is 36.8 Å². The van der Waals surface area contributed by atoms with Gasteiger partial charge in [-0.1, -0.05) is 0 Å². The molecular formula is C12H23N9O3. The highest BCUT2D eigenvalue weighted by Crippen LogP contribution is 2.01. The Labute approximate surface area is 138 Å². The topological polar surface area (TPSA) is 216 Å². The number of nitrogens with zero attached hydrogens (tertiary/aromatic N) is 2. The first-order valence-corrected chi connectivity index (χ1v) is 7.30. The summed E-state index contributed by atoms with van der Waals surface area (Å²) in [5, 5.41) is 7.01. The van der Waals surface area contributed by atoms with Crippen molar-refractivity contribution in [2.24, 2.45) is 32.9 Å². The molecular weight excluding hydrogens is 318 g/mol. The number of rotatable bonds is 7. The fourth-order valence-electron chi connectivity index (χ4n) is 1.96. The molecule has 0 aromatic rings. The first-order valence-electron chi connectivity index (χ1n) is 7.30. The van der Waals surface area contributed by atoms with Gasteiger partial charge < -0.3 is 28.3 Å². The number of carbonyl (C=O) groups is 3. The van der Waals surface area contributed by atoms with Gasteiger partial charge in [0.15, 0.2) is 5.96 Å². The SMILES string of the molecule is NC(=O)NC1=NCC(NC(=O)C[C@@H](N)CCCN=C(N)N)C(=O)N1. The van der Waals surface area contributed by atoms with E-state index >= 15 is 0 Å². The van der Waals surface area contributed by atoms with E-state index in [1.54, 1.807) is 0 Å². The minimum atomic E-state index is -0.844. The number of urea groups is 1. The van der Waals surface area contributed by atoms with Crippen LogP contribution < -0.4 is 38.9 Å². The molecule has 24 heavy (non-hydrogen) atoms. The van der Waals surface area contributed by atoms with Crippen molar-refractivity contribution in [3.05, 3.63) is 0 Å². The maximum Gasteiger partial charge on any atom is 0.318 e. The quantitative estimate of drug-likeness (QED) is 0.141. The number of nitrogens with two attached hydrogens (primary N) is 4. The van der Waals surface area contributed by atoms with Crippen LogP contribution in [-0.2, 0) is 9.59 Å². The van der Waals surface area contributed by atoms with Crippen LogP contribution >= 0.6 is 0 Å². The zero-order valence-corrected chi connectivity index (χ0v) is 13.1. The van der Waals surface area contributed by atoms with E-state index in [1.165, 1.54) is 0 Å². The minimum absolute atomic E-state index is 0.00703. The van der Waals surface area contributed by atoms with Gasteiger partial charge in [-0.2, -0.15) is 0 Å². The van der Waals surface area contributed by atoms with Crippen LogP contribution in [0.2, 0.25) is 0 Å². The summed E-state index contributed by atoms with van der Waals surface area (Å²) in [5.74, 6) is -0.903. The van der Waals surface area contributed by atoms with Crippen LogP contribution in [0.3, 0.4) is 0 Å². The van der Waals surface area contributed by atoms with Gasteiger partial charge >= 0.3 is 6.03 Å². The van der Waals surface area contributed by atoms with Crippen molar-refractivity contribution in [2.45, 2.75) is 31.3 Å². The molecule has 0 aromatic carbocycles. The lowest BCUT2D eigenvalue weighted by atomic mass is 10.1. The van der Waals surface area contributed by atoms with Crippen molar-refractivity contribution in [2.75, 3.05) is 13.1 Å². The van der Waals surface area contributed by atoms with Gasteiger partial charge in [0.1, 0.15) is 6.04 Å². The molecule has 0 spiro atoms. The van der Waals surface area contributed by atoms with Crippen molar-refractivity contribution in [3.8, 4) is 0 Å². The van der Waals surface area contributed by atoms with Gasteiger partial charge in [-0.05, 0) is 12.8 Å². The zero-order valence-electron chi connectivity index (χ0n) is 13.1. The van der Waals surface area contributed by atoms with Crippen molar-refractivity contribution in [3.63, 3.8) is 0 Å². The second-order valence-electron chi connectivity index (χ2n) is 5.20. The summed E-state index contributed by atoms with van der Waals surface area (Å²) in [7, 11) is 0. The van der Waals surface area contributed by atoms with Crippen LogP contribution in [0.1, 0.15) is 19.3 Å². The average molecular weight is 341 g/mol. The second kappa shape index (κ2) is 9.29. The van der Waals surface area contributed by atoms with Gasteiger partial charge in [0.25, 0.3) is 5.91 Å². The Kier molecular flexibility index (Phi) is 7.42. The molecule has 0 saturated carbocycles. The van der Waals surface area contributed by atoms with Crippen molar-refractivity contribution < 1.29 is 14.4 Å². The molecule has 1 heterocycles. The molecule has 1 unspecified atom stereocenters. The number of hydrogen-bond acceptors (Lipinski definition) is 6. The van der Waals surface area contributed by atoms with Crippen LogP contribution in [0.15, 0.2) is 9.98 Å². The molecule has 0 radical (unpaired) electrons. The van der Waals surface area contributed by atoms with Crippen LogP contribution in [0, 0.1) is 0 Å². The van der Waals surface area contributed by atoms with Crippen LogP contribution in [-0.4, -0.2) is 54.9 Å². The van der Waals surface area contributed by atoms with Crippen LogP contribution in [0.25, 0.3) is 0 Å². The third kappa shape index (κ3) is 7.40. The summed E-state index contributed by atoms with van der Waals surface area (Å²) >= 11 is 0. The Hall–Kier alpha value is -2.89. The van der Waals surface area contributed by atoms with Gasteiger partial charge in [0, 0.05) is 19.0 Å². The highest BCUT2D eigenvalue weighted by molar-refractivity contribution is 6.07. The van der Waals surface area contributed by atoms with E-state index in [0.717, 1.165) is 0 Å². The summed E-state index contributed by atoms with van der Waals surface area (Å²) < 4.78 is 0. The summed E-state index contributed by atoms with van der Waals surface area (Å²) in [5.41, 5.74) is 21.2. The van der Waals surface area contributed by atoms with Gasteiger partial charge in [-0.3, -0.25) is 25.2 Å². The van der Waals surface area contributed by atoms with Gasteiger partial charge in [0.05, 0.1) is 6.54 Å². The predicted octanol–water partition coefficient (Wildman–Crippen LogP) is -3.60. The summed E-state index contributed by atoms with van der Waals surface area (Å²) in [4.78, 5) is 42.1. The number of primary amides is 1. The number of nitrogens with one attached hydrogen (secondary N) is 3. The third-order valence-electron chi connectivity index (χ3n) is 3.04. The normalized spacial score (nSPS) is 18.0. The Balaban J connectivity index is 2.34. The first kappa shape index (κ1) is 19.2. The molecule has 0 saturated heterocycles. The Morgan fingerprint density at radius 3 is 2.67 bits per heavy atom. The van der Waals surface area contributed by atoms with E-state index in [9.17, 15) is 14.4 Å². The molecule has 1 aliphatic heterocycles. The summed E-state index contributed by atoms with van der Waals surface area (Å²) in [6.07, 6.45) is 1.26. The maximum atomic E-state index is 11.9. The molecule has 11 N–H and O–H groups in total. The molecule has 0 bridgehead atoms. The monoisotopic (exact) mass is 341 g/mol. The minimum Gasteiger partial charge on any atom is -0.370 e. The van der Waals surface area contributed by atoms with E-state index in [4.69, 9.17) is 22.9 Å². The van der Waals surface area contributed by atoms with Crippen molar-refractivity contribution in [1.82, 2.24) is 16.0 Å². The number of guanidine groups is 2. The molecule has 0 aromatic heterocycles. The Bertz CT molecular complexity index is 542. The lowest BCUT2D eigenvalue weighted by Crippen LogP contribution is -2.58.